The van der Waals surface area contributed by atoms with E-state index in [-0.39, 0.29) is 31.6 Å². The predicted molar refractivity (Wildman–Crippen MR) is 311 cm³/mol. The van der Waals surface area contributed by atoms with Crippen LogP contribution in [0, 0.1) is 0 Å². The third-order valence-corrected chi connectivity index (χ3v) is 12.2. The quantitative estimate of drug-likeness (QED) is 0.0261. The van der Waals surface area contributed by atoms with Crippen LogP contribution in [0.25, 0.3) is 0 Å². The molecule has 6 nitrogen and oxygen atoms in total. The summed E-state index contributed by atoms with van der Waals surface area (Å²) in [7, 11) is 0. The molecule has 1 atom stereocenters. The van der Waals surface area contributed by atoms with Crippen molar-refractivity contribution in [1.29, 1.82) is 0 Å². The van der Waals surface area contributed by atoms with Gasteiger partial charge in [0.2, 0.25) is 0 Å². The number of rotatable bonds is 52. The van der Waals surface area contributed by atoms with Gasteiger partial charge in [-0.15, -0.1) is 0 Å². The molecule has 0 rings (SSSR count). The molecule has 72 heavy (non-hydrogen) atoms. The van der Waals surface area contributed by atoms with Gasteiger partial charge in [-0.1, -0.05) is 264 Å². The van der Waals surface area contributed by atoms with Gasteiger partial charge in [-0.2, -0.15) is 0 Å². The molecule has 0 N–H and O–H groups in total. The molecule has 0 amide bonds. The van der Waals surface area contributed by atoms with Crippen LogP contribution in [0.5, 0.6) is 0 Å². The Bertz CT molecular complexity index is 1520. The highest BCUT2D eigenvalue weighted by Crippen LogP contribution is 2.15. The minimum atomic E-state index is -0.824. The number of unbranched alkanes of at least 4 members (excludes halogenated alkanes) is 21. The molecule has 408 valence electrons. The molecule has 0 saturated heterocycles. The van der Waals surface area contributed by atoms with Gasteiger partial charge in [-0.3, -0.25) is 14.4 Å². The minimum Gasteiger partial charge on any atom is -0.462 e. The van der Waals surface area contributed by atoms with Crippen LogP contribution in [0.2, 0.25) is 0 Å². The number of carbonyl (C=O) groups excluding carboxylic acids is 3. The average Bonchev–Trinajstić information content (AvgIpc) is 3.38. The van der Waals surface area contributed by atoms with E-state index in [9.17, 15) is 14.4 Å². The third kappa shape index (κ3) is 56.7. The number of ether oxygens (including phenoxy) is 3. The Morgan fingerprint density at radius 1 is 0.292 bits per heavy atom. The number of esters is 3. The van der Waals surface area contributed by atoms with Crippen molar-refractivity contribution < 1.29 is 28.6 Å². The Morgan fingerprint density at radius 3 is 0.903 bits per heavy atom. The van der Waals surface area contributed by atoms with Crippen LogP contribution in [-0.2, 0) is 28.6 Å². The monoisotopic (exact) mass is 997 g/mol. The summed E-state index contributed by atoms with van der Waals surface area (Å²) >= 11 is 0. The lowest BCUT2D eigenvalue weighted by Crippen LogP contribution is -2.30. The van der Waals surface area contributed by atoms with Gasteiger partial charge >= 0.3 is 17.9 Å². The van der Waals surface area contributed by atoms with Gasteiger partial charge in [0, 0.05) is 19.3 Å². The van der Waals surface area contributed by atoms with Gasteiger partial charge in [0.05, 0.1) is 0 Å². The molecule has 0 aliphatic heterocycles. The van der Waals surface area contributed by atoms with Crippen molar-refractivity contribution in [1.82, 2.24) is 0 Å². The van der Waals surface area contributed by atoms with E-state index >= 15 is 0 Å². The molecule has 0 aromatic heterocycles. The first-order chi connectivity index (χ1) is 35.5. The second-order valence-electron chi connectivity index (χ2n) is 19.1. The fourth-order valence-corrected chi connectivity index (χ4v) is 7.87. The van der Waals surface area contributed by atoms with E-state index in [1.807, 2.05) is 6.08 Å². The first-order valence-electron chi connectivity index (χ1n) is 29.5. The van der Waals surface area contributed by atoms with Crippen molar-refractivity contribution in [2.24, 2.45) is 0 Å². The van der Waals surface area contributed by atoms with E-state index in [0.29, 0.717) is 19.3 Å². The Balaban J connectivity index is 4.50. The second kappa shape index (κ2) is 59.4. The van der Waals surface area contributed by atoms with Gasteiger partial charge in [0.25, 0.3) is 0 Å². The normalized spacial score (nSPS) is 13.0. The van der Waals surface area contributed by atoms with Crippen molar-refractivity contribution in [3.8, 4) is 0 Å². The molecule has 1 unspecified atom stereocenters. The number of hydrogen-bond donors (Lipinski definition) is 0. The van der Waals surface area contributed by atoms with Crippen LogP contribution in [0.1, 0.15) is 258 Å². The third-order valence-electron chi connectivity index (χ3n) is 12.2. The van der Waals surface area contributed by atoms with Gasteiger partial charge in [0.1, 0.15) is 13.2 Å². The highest BCUT2D eigenvalue weighted by atomic mass is 16.6. The van der Waals surface area contributed by atoms with Gasteiger partial charge < -0.3 is 14.2 Å². The van der Waals surface area contributed by atoms with Crippen LogP contribution < -0.4 is 0 Å². The van der Waals surface area contributed by atoms with Crippen LogP contribution in [-0.4, -0.2) is 37.2 Å². The summed E-state index contributed by atoms with van der Waals surface area (Å²) in [5, 5.41) is 0. The maximum absolute atomic E-state index is 12.8. The molecular weight excluding hydrogens is 889 g/mol. The summed E-state index contributed by atoms with van der Waals surface area (Å²) in [4.78, 5) is 38.2. The Kier molecular flexibility index (Phi) is 55.9. The van der Waals surface area contributed by atoms with E-state index < -0.39 is 12.1 Å². The van der Waals surface area contributed by atoms with Crippen LogP contribution in [0.3, 0.4) is 0 Å². The number of hydrogen-bond acceptors (Lipinski definition) is 6. The standard InChI is InChI=1S/C66H108O6/c1-4-7-10-13-16-19-22-25-28-30-32-33-35-36-38-41-44-47-50-53-56-59-65(68)71-62-63(61-70-64(67)58-55-52-49-46-43-40-27-24-21-18-15-12-9-6-3)72-66(69)60-57-54-51-48-45-42-39-37-34-31-29-26-23-20-17-14-11-8-5-2/h7-8,10-11,16-17,19-20,25-26,28-29,32-34,37,42,45,51,54,63H,4-6,9,12-15,18,21-24,27,30-31,35-36,38-41,43-44,46-50,52-53,55-62H2,1-3H3/b10-7-,11-8-,19-16-,20-17-,28-25-,29-26-,33-32-,37-34-,45-42-,54-51-. The smallest absolute Gasteiger partial charge is 0.306 e. The van der Waals surface area contributed by atoms with Crippen LogP contribution in [0.15, 0.2) is 122 Å². The van der Waals surface area contributed by atoms with Gasteiger partial charge in [0.15, 0.2) is 6.10 Å². The van der Waals surface area contributed by atoms with Crippen molar-refractivity contribution in [3.05, 3.63) is 122 Å². The largest absolute Gasteiger partial charge is 0.462 e. The highest BCUT2D eigenvalue weighted by Gasteiger charge is 2.19. The topological polar surface area (TPSA) is 78.9 Å². The van der Waals surface area contributed by atoms with Crippen molar-refractivity contribution >= 4 is 17.9 Å². The molecular formula is C66H108O6. The zero-order valence-corrected chi connectivity index (χ0v) is 46.7. The van der Waals surface area contributed by atoms with Gasteiger partial charge in [-0.05, 0) is 96.3 Å². The van der Waals surface area contributed by atoms with E-state index in [4.69, 9.17) is 14.2 Å². The molecule has 0 aromatic carbocycles. The molecule has 0 saturated carbocycles. The molecule has 0 heterocycles. The first kappa shape index (κ1) is 67.8. The zero-order valence-electron chi connectivity index (χ0n) is 46.7. The predicted octanol–water partition coefficient (Wildman–Crippen LogP) is 20.0. The Labute approximate surface area is 443 Å². The lowest BCUT2D eigenvalue weighted by atomic mass is 10.0. The minimum absolute atomic E-state index is 0.111. The lowest BCUT2D eigenvalue weighted by molar-refractivity contribution is -0.166. The van der Waals surface area contributed by atoms with Crippen molar-refractivity contribution in [2.45, 2.75) is 264 Å². The zero-order chi connectivity index (χ0) is 52.2. The molecule has 0 bridgehead atoms. The molecule has 0 aliphatic carbocycles. The number of carbonyl (C=O) groups is 3. The maximum atomic E-state index is 12.8. The second-order valence-corrected chi connectivity index (χ2v) is 19.1. The molecule has 0 spiro atoms. The first-order valence-corrected chi connectivity index (χ1v) is 29.5. The van der Waals surface area contributed by atoms with E-state index in [2.05, 4.69) is 136 Å². The Morgan fingerprint density at radius 2 is 0.569 bits per heavy atom. The molecule has 0 aliphatic rings. The lowest BCUT2D eigenvalue weighted by Gasteiger charge is -2.18. The fourth-order valence-electron chi connectivity index (χ4n) is 7.87. The molecule has 6 heteroatoms. The summed E-state index contributed by atoms with van der Waals surface area (Å²) in [6, 6.07) is 0. The van der Waals surface area contributed by atoms with Crippen molar-refractivity contribution in [3.63, 3.8) is 0 Å². The molecule has 0 fully saturated rings. The van der Waals surface area contributed by atoms with E-state index in [1.54, 1.807) is 0 Å². The van der Waals surface area contributed by atoms with Crippen LogP contribution >= 0.6 is 0 Å². The summed E-state index contributed by atoms with van der Waals surface area (Å²) in [6.07, 6.45) is 82.0. The summed E-state index contributed by atoms with van der Waals surface area (Å²) in [6.45, 7) is 6.35. The molecule has 0 aromatic rings. The Hall–Kier alpha value is -4.19. The van der Waals surface area contributed by atoms with E-state index in [1.165, 1.54) is 103 Å². The van der Waals surface area contributed by atoms with Crippen molar-refractivity contribution in [2.75, 3.05) is 13.2 Å². The fraction of sp³-hybridized carbons (Fsp3) is 0.652. The average molecular weight is 998 g/mol. The highest BCUT2D eigenvalue weighted by molar-refractivity contribution is 5.71. The SMILES string of the molecule is CC/C=C\C/C=C\C/C=C\C/C=C\C/C=C\C/C=C\CCC(=O)OC(COC(=O)CCCCCCCCCC/C=C\C/C=C\C/C=C\C/C=C\CC)COC(=O)CCCCCCCCCCCCCCCC. The summed E-state index contributed by atoms with van der Waals surface area (Å²) in [5.41, 5.74) is 0. The van der Waals surface area contributed by atoms with E-state index in [0.717, 1.165) is 109 Å². The summed E-state index contributed by atoms with van der Waals surface area (Å²) in [5.74, 6) is -1.00. The van der Waals surface area contributed by atoms with Crippen LogP contribution in [0.4, 0.5) is 0 Å². The maximum Gasteiger partial charge on any atom is 0.306 e. The van der Waals surface area contributed by atoms with Gasteiger partial charge in [-0.25, -0.2) is 0 Å². The molecule has 0 radical (unpaired) electrons. The number of allylic oxidation sites excluding steroid dienone is 20. The summed E-state index contributed by atoms with van der Waals surface area (Å²) < 4.78 is 16.8.